The summed E-state index contributed by atoms with van der Waals surface area (Å²) in [5.41, 5.74) is 2.61. The molecule has 1 N–H and O–H groups in total. The van der Waals surface area contributed by atoms with Gasteiger partial charge in [0.25, 0.3) is 0 Å². The highest BCUT2D eigenvalue weighted by Gasteiger charge is 2.27. The Kier molecular flexibility index (Phi) is 7.32. The summed E-state index contributed by atoms with van der Waals surface area (Å²) < 4.78 is 23.3. The third kappa shape index (κ3) is 6.13. The Labute approximate surface area is 153 Å². The molecule has 0 heterocycles. The predicted molar refractivity (Wildman–Crippen MR) is 105 cm³/mol. The van der Waals surface area contributed by atoms with Crippen molar-refractivity contribution < 1.29 is 18.7 Å². The van der Waals surface area contributed by atoms with Gasteiger partial charge in [0.15, 0.2) is 0 Å². The zero-order chi connectivity index (χ0) is 19.5. The first-order valence-corrected chi connectivity index (χ1v) is 10.8. The summed E-state index contributed by atoms with van der Waals surface area (Å²) in [5.74, 6) is 0.373. The van der Waals surface area contributed by atoms with Crippen molar-refractivity contribution in [2.24, 2.45) is 0 Å². The molecule has 0 spiro atoms. The van der Waals surface area contributed by atoms with Gasteiger partial charge in [-0.2, -0.15) is 0 Å². The number of hydrogen-bond donors (Lipinski definition) is 1. The van der Waals surface area contributed by atoms with Crippen LogP contribution in [0.3, 0.4) is 0 Å². The zero-order valence-electron chi connectivity index (χ0n) is 17.1. The molecule has 4 nitrogen and oxygen atoms in total. The third-order valence-corrected chi connectivity index (χ3v) is 6.18. The fourth-order valence-corrected chi connectivity index (χ4v) is 3.90. The van der Waals surface area contributed by atoms with Crippen LogP contribution in [0.2, 0.25) is 0 Å². The first-order chi connectivity index (χ1) is 11.3. The largest absolute Gasteiger partial charge is 0.507 e. The Morgan fingerprint density at radius 1 is 0.960 bits per heavy atom. The second kappa shape index (κ2) is 8.24. The van der Waals surface area contributed by atoms with Gasteiger partial charge in [-0.3, -0.25) is 4.57 Å². The maximum atomic E-state index is 12.4. The van der Waals surface area contributed by atoms with E-state index in [0.717, 1.165) is 16.7 Å². The van der Waals surface area contributed by atoms with E-state index in [4.69, 9.17) is 9.05 Å². The van der Waals surface area contributed by atoms with Crippen molar-refractivity contribution in [3.05, 3.63) is 28.8 Å². The van der Waals surface area contributed by atoms with Crippen molar-refractivity contribution in [1.29, 1.82) is 0 Å². The average Bonchev–Trinajstić information content (AvgIpc) is 2.46. The van der Waals surface area contributed by atoms with Gasteiger partial charge in [0.2, 0.25) is 0 Å². The summed E-state index contributed by atoms with van der Waals surface area (Å²) in [4.78, 5) is 0. The van der Waals surface area contributed by atoms with Crippen molar-refractivity contribution >= 4 is 7.60 Å². The SMILES string of the molecule is CCOP(=O)(CC)OCCc1cc(C(C)(C)C)c(O)c(C(C)(C)C)c1. The average molecular weight is 370 g/mol. The van der Waals surface area contributed by atoms with Crippen LogP contribution in [0.1, 0.15) is 72.1 Å². The van der Waals surface area contributed by atoms with E-state index in [2.05, 4.69) is 41.5 Å². The molecule has 0 saturated carbocycles. The molecule has 0 amide bonds. The molecular weight excluding hydrogens is 335 g/mol. The van der Waals surface area contributed by atoms with Gasteiger partial charge in [0, 0.05) is 6.16 Å². The highest BCUT2D eigenvalue weighted by Crippen LogP contribution is 2.47. The van der Waals surface area contributed by atoms with Crippen molar-refractivity contribution in [3.63, 3.8) is 0 Å². The second-order valence-corrected chi connectivity index (χ2v) is 10.8. The van der Waals surface area contributed by atoms with E-state index in [1.807, 2.05) is 26.0 Å². The summed E-state index contributed by atoms with van der Waals surface area (Å²) >= 11 is 0. The van der Waals surface area contributed by atoms with Crippen LogP contribution in [0.5, 0.6) is 5.75 Å². The molecule has 0 bridgehead atoms. The second-order valence-electron chi connectivity index (χ2n) is 8.47. The standard InChI is InChI=1S/C20H35O4P/c1-9-23-25(22,10-2)24-12-11-15-13-16(19(3,4)5)18(21)17(14-15)20(6,7)8/h13-14,21H,9-12H2,1-8H3. The molecule has 0 aromatic heterocycles. The Morgan fingerprint density at radius 3 is 1.80 bits per heavy atom. The van der Waals surface area contributed by atoms with Crippen LogP contribution >= 0.6 is 7.60 Å². The van der Waals surface area contributed by atoms with Crippen LogP contribution in [0.4, 0.5) is 0 Å². The summed E-state index contributed by atoms with van der Waals surface area (Å²) in [6.45, 7) is 16.9. The lowest BCUT2D eigenvalue weighted by Gasteiger charge is -2.28. The fraction of sp³-hybridized carbons (Fsp3) is 0.700. The predicted octanol–water partition coefficient (Wildman–Crippen LogP) is 5.80. The monoisotopic (exact) mass is 370 g/mol. The zero-order valence-corrected chi connectivity index (χ0v) is 18.0. The van der Waals surface area contributed by atoms with Crippen LogP contribution < -0.4 is 0 Å². The van der Waals surface area contributed by atoms with Crippen LogP contribution in [0, 0.1) is 0 Å². The van der Waals surface area contributed by atoms with E-state index in [1.54, 1.807) is 0 Å². The van der Waals surface area contributed by atoms with E-state index in [0.29, 0.717) is 31.5 Å². The molecule has 1 aromatic carbocycles. The lowest BCUT2D eigenvalue weighted by molar-refractivity contribution is 0.214. The Hall–Kier alpha value is -0.830. The molecule has 0 aliphatic rings. The number of benzene rings is 1. The summed E-state index contributed by atoms with van der Waals surface area (Å²) in [6.07, 6.45) is 1.00. The third-order valence-electron chi connectivity index (χ3n) is 4.18. The molecule has 1 atom stereocenters. The highest BCUT2D eigenvalue weighted by molar-refractivity contribution is 7.53. The van der Waals surface area contributed by atoms with Crippen LogP contribution in [0.15, 0.2) is 12.1 Å². The number of phenols is 1. The summed E-state index contributed by atoms with van der Waals surface area (Å²) in [6, 6.07) is 4.07. The molecule has 1 unspecified atom stereocenters. The van der Waals surface area contributed by atoms with Crippen molar-refractivity contribution in [3.8, 4) is 5.75 Å². The molecular formula is C20H35O4P. The van der Waals surface area contributed by atoms with Gasteiger partial charge in [-0.15, -0.1) is 0 Å². The molecule has 0 radical (unpaired) electrons. The lowest BCUT2D eigenvalue weighted by Crippen LogP contribution is -2.18. The molecule has 5 heteroatoms. The van der Waals surface area contributed by atoms with Gasteiger partial charge in [-0.1, -0.05) is 60.6 Å². The fourth-order valence-electron chi connectivity index (χ4n) is 2.70. The van der Waals surface area contributed by atoms with Crippen LogP contribution in [-0.2, 0) is 30.9 Å². The summed E-state index contributed by atoms with van der Waals surface area (Å²) in [7, 11) is -2.98. The van der Waals surface area contributed by atoms with Gasteiger partial charge < -0.3 is 14.2 Å². The van der Waals surface area contributed by atoms with Gasteiger partial charge in [-0.05, 0) is 40.9 Å². The van der Waals surface area contributed by atoms with Crippen molar-refractivity contribution in [1.82, 2.24) is 0 Å². The van der Waals surface area contributed by atoms with Crippen LogP contribution in [-0.4, -0.2) is 24.5 Å². The Balaban J connectivity index is 3.10. The minimum Gasteiger partial charge on any atom is -0.507 e. The molecule has 25 heavy (non-hydrogen) atoms. The van der Waals surface area contributed by atoms with E-state index < -0.39 is 7.60 Å². The molecule has 0 aliphatic carbocycles. The van der Waals surface area contributed by atoms with Gasteiger partial charge in [-0.25, -0.2) is 0 Å². The van der Waals surface area contributed by atoms with Gasteiger partial charge >= 0.3 is 7.60 Å². The summed E-state index contributed by atoms with van der Waals surface area (Å²) in [5, 5.41) is 10.8. The number of hydrogen-bond acceptors (Lipinski definition) is 4. The minimum absolute atomic E-state index is 0.162. The van der Waals surface area contributed by atoms with Crippen LogP contribution in [0.25, 0.3) is 0 Å². The number of phenolic OH excluding ortho intramolecular Hbond substituents is 1. The first-order valence-electron chi connectivity index (χ1n) is 9.09. The molecule has 0 saturated heterocycles. The first kappa shape index (κ1) is 22.2. The normalized spacial score (nSPS) is 15.2. The van der Waals surface area contributed by atoms with Crippen molar-refractivity contribution in [2.75, 3.05) is 19.4 Å². The highest BCUT2D eigenvalue weighted by atomic mass is 31.2. The van der Waals surface area contributed by atoms with Gasteiger partial charge in [0.1, 0.15) is 5.75 Å². The van der Waals surface area contributed by atoms with E-state index in [9.17, 15) is 9.67 Å². The van der Waals surface area contributed by atoms with E-state index >= 15 is 0 Å². The minimum atomic E-state index is -2.98. The van der Waals surface area contributed by atoms with Gasteiger partial charge in [0.05, 0.1) is 13.2 Å². The van der Waals surface area contributed by atoms with E-state index in [-0.39, 0.29) is 10.8 Å². The molecule has 144 valence electrons. The van der Waals surface area contributed by atoms with Crippen molar-refractivity contribution in [2.45, 2.75) is 72.6 Å². The quantitative estimate of drug-likeness (QED) is 0.617. The lowest BCUT2D eigenvalue weighted by atomic mass is 9.78. The number of aromatic hydroxyl groups is 1. The molecule has 0 fully saturated rings. The maximum absolute atomic E-state index is 12.4. The molecule has 0 aliphatic heterocycles. The maximum Gasteiger partial charge on any atom is 0.330 e. The smallest absolute Gasteiger partial charge is 0.330 e. The Bertz CT molecular complexity index is 589. The topological polar surface area (TPSA) is 55.8 Å². The molecule has 1 aromatic rings. The Morgan fingerprint density at radius 2 is 1.44 bits per heavy atom. The van der Waals surface area contributed by atoms with E-state index in [1.165, 1.54) is 0 Å². The number of rotatable bonds is 7. The molecule has 1 rings (SSSR count).